The molecule has 0 aliphatic carbocycles. The molecule has 124 valence electrons. The van der Waals surface area contributed by atoms with Gasteiger partial charge in [0, 0.05) is 33.2 Å². The molecule has 0 spiro atoms. The lowest BCUT2D eigenvalue weighted by atomic mass is 10.2. The first-order valence-electron chi connectivity index (χ1n) is 8.35. The highest BCUT2D eigenvalue weighted by Gasteiger charge is 2.15. The minimum atomic E-state index is 0.323. The molecule has 0 saturated carbocycles. The molecular formula is C17H25N5O. The van der Waals surface area contributed by atoms with E-state index >= 15 is 0 Å². The predicted molar refractivity (Wildman–Crippen MR) is 92.8 cm³/mol. The first-order valence-corrected chi connectivity index (χ1v) is 8.35. The number of aliphatic imine (C=N–C) groups is 1. The fraction of sp³-hybridized carbons (Fsp3) is 0.529. The van der Waals surface area contributed by atoms with Crippen molar-refractivity contribution >= 4 is 17.0 Å². The van der Waals surface area contributed by atoms with E-state index in [0.29, 0.717) is 6.10 Å². The minimum absolute atomic E-state index is 0.323. The molecule has 6 heteroatoms. The summed E-state index contributed by atoms with van der Waals surface area (Å²) < 4.78 is 5.60. The van der Waals surface area contributed by atoms with Gasteiger partial charge in [-0.15, -0.1) is 0 Å². The number of imidazole rings is 1. The molecule has 3 rings (SSSR count). The molecule has 1 aliphatic rings. The molecule has 1 unspecified atom stereocenters. The third-order valence-corrected chi connectivity index (χ3v) is 4.07. The highest BCUT2D eigenvalue weighted by Crippen LogP contribution is 2.11. The fourth-order valence-corrected chi connectivity index (χ4v) is 2.82. The summed E-state index contributed by atoms with van der Waals surface area (Å²) in [6.45, 7) is 2.57. The number of para-hydroxylation sites is 2. The quantitative estimate of drug-likeness (QED) is 0.432. The van der Waals surface area contributed by atoms with Crippen LogP contribution in [0.3, 0.4) is 0 Å². The van der Waals surface area contributed by atoms with Gasteiger partial charge >= 0.3 is 0 Å². The number of fused-ring (bicyclic) bond motifs is 1. The van der Waals surface area contributed by atoms with Crippen LogP contribution in [0.1, 0.15) is 25.1 Å². The van der Waals surface area contributed by atoms with Crippen LogP contribution in [0.25, 0.3) is 11.0 Å². The zero-order valence-corrected chi connectivity index (χ0v) is 13.6. The second kappa shape index (κ2) is 7.97. The number of ether oxygens (including phenoxy) is 1. The number of hydrogen-bond donors (Lipinski definition) is 3. The van der Waals surface area contributed by atoms with Crippen molar-refractivity contribution in [3.63, 3.8) is 0 Å². The molecule has 6 nitrogen and oxygen atoms in total. The molecule has 1 saturated heterocycles. The topological polar surface area (TPSA) is 74.3 Å². The van der Waals surface area contributed by atoms with Crippen molar-refractivity contribution in [1.29, 1.82) is 0 Å². The summed E-state index contributed by atoms with van der Waals surface area (Å²) in [7, 11) is 1.80. The molecule has 23 heavy (non-hydrogen) atoms. The Balaban J connectivity index is 1.37. The second-order valence-corrected chi connectivity index (χ2v) is 5.82. The van der Waals surface area contributed by atoms with E-state index in [1.807, 2.05) is 18.2 Å². The standard InChI is InChI=1S/C17H25N5O/c1-18-17(20-12-13-6-5-11-23-13)19-10-4-9-16-21-14-7-2-3-8-15(14)22-16/h2-3,7-8,13H,4-6,9-12H2,1H3,(H,21,22)(H2,18,19,20). The molecule has 0 bridgehead atoms. The van der Waals surface area contributed by atoms with Gasteiger partial charge in [0.1, 0.15) is 5.82 Å². The molecule has 0 radical (unpaired) electrons. The number of benzene rings is 1. The highest BCUT2D eigenvalue weighted by molar-refractivity contribution is 5.79. The summed E-state index contributed by atoms with van der Waals surface area (Å²) in [6, 6.07) is 8.12. The third-order valence-electron chi connectivity index (χ3n) is 4.07. The van der Waals surface area contributed by atoms with Crippen LogP contribution in [0.15, 0.2) is 29.3 Å². The number of nitrogens with zero attached hydrogens (tertiary/aromatic N) is 2. The number of guanidine groups is 1. The van der Waals surface area contributed by atoms with E-state index in [2.05, 4.69) is 31.7 Å². The Morgan fingerprint density at radius 3 is 3.09 bits per heavy atom. The van der Waals surface area contributed by atoms with Crippen molar-refractivity contribution in [3.8, 4) is 0 Å². The molecule has 1 aromatic heterocycles. The van der Waals surface area contributed by atoms with Crippen molar-refractivity contribution in [3.05, 3.63) is 30.1 Å². The van der Waals surface area contributed by atoms with Crippen LogP contribution < -0.4 is 10.6 Å². The molecule has 1 aromatic carbocycles. The Bertz CT molecular complexity index is 612. The molecule has 1 atom stereocenters. The van der Waals surface area contributed by atoms with E-state index in [9.17, 15) is 0 Å². The van der Waals surface area contributed by atoms with E-state index in [1.165, 1.54) is 0 Å². The Morgan fingerprint density at radius 2 is 2.30 bits per heavy atom. The van der Waals surface area contributed by atoms with E-state index in [-0.39, 0.29) is 0 Å². The average molecular weight is 315 g/mol. The number of aromatic amines is 1. The third kappa shape index (κ3) is 4.45. The lowest BCUT2D eigenvalue weighted by Gasteiger charge is -2.14. The maximum absolute atomic E-state index is 5.60. The van der Waals surface area contributed by atoms with Gasteiger partial charge in [-0.25, -0.2) is 4.98 Å². The van der Waals surface area contributed by atoms with Crippen LogP contribution in [0.2, 0.25) is 0 Å². The first-order chi connectivity index (χ1) is 11.3. The molecule has 1 aliphatic heterocycles. The number of aryl methyl sites for hydroxylation is 1. The first kappa shape index (κ1) is 15.8. The normalized spacial score (nSPS) is 18.5. The zero-order chi connectivity index (χ0) is 15.9. The molecule has 1 fully saturated rings. The summed E-state index contributed by atoms with van der Waals surface area (Å²) in [5, 5.41) is 6.66. The summed E-state index contributed by atoms with van der Waals surface area (Å²) in [5.74, 6) is 1.88. The largest absolute Gasteiger partial charge is 0.376 e. The number of aromatic nitrogens is 2. The van der Waals surface area contributed by atoms with E-state index < -0.39 is 0 Å². The van der Waals surface area contributed by atoms with Gasteiger partial charge in [-0.1, -0.05) is 12.1 Å². The van der Waals surface area contributed by atoms with E-state index in [0.717, 1.165) is 68.2 Å². The summed E-state index contributed by atoms with van der Waals surface area (Å²) in [6.07, 6.45) is 4.54. The van der Waals surface area contributed by atoms with Crippen molar-refractivity contribution in [2.75, 3.05) is 26.7 Å². The average Bonchev–Trinajstić information content (AvgIpc) is 3.23. The lowest BCUT2D eigenvalue weighted by molar-refractivity contribution is 0.114. The Morgan fingerprint density at radius 1 is 1.39 bits per heavy atom. The van der Waals surface area contributed by atoms with Crippen LogP contribution in [0.4, 0.5) is 0 Å². The van der Waals surface area contributed by atoms with Gasteiger partial charge in [0.05, 0.1) is 17.1 Å². The lowest BCUT2D eigenvalue weighted by Crippen LogP contribution is -2.41. The van der Waals surface area contributed by atoms with Gasteiger partial charge in [-0.3, -0.25) is 4.99 Å². The number of rotatable bonds is 6. The maximum atomic E-state index is 5.60. The molecule has 2 aromatic rings. The molecule has 0 amide bonds. The van der Waals surface area contributed by atoms with Crippen LogP contribution in [0.5, 0.6) is 0 Å². The minimum Gasteiger partial charge on any atom is -0.376 e. The zero-order valence-electron chi connectivity index (χ0n) is 13.6. The van der Waals surface area contributed by atoms with Crippen molar-refractivity contribution in [2.24, 2.45) is 4.99 Å². The van der Waals surface area contributed by atoms with Gasteiger partial charge in [0.15, 0.2) is 5.96 Å². The van der Waals surface area contributed by atoms with Crippen molar-refractivity contribution in [2.45, 2.75) is 31.8 Å². The second-order valence-electron chi connectivity index (χ2n) is 5.82. The monoisotopic (exact) mass is 315 g/mol. The van der Waals surface area contributed by atoms with E-state index in [1.54, 1.807) is 7.05 Å². The summed E-state index contributed by atoms with van der Waals surface area (Å²) >= 11 is 0. The van der Waals surface area contributed by atoms with Crippen LogP contribution >= 0.6 is 0 Å². The maximum Gasteiger partial charge on any atom is 0.191 e. The Labute approximate surface area is 136 Å². The fourth-order valence-electron chi connectivity index (χ4n) is 2.82. The van der Waals surface area contributed by atoms with Crippen molar-refractivity contribution in [1.82, 2.24) is 20.6 Å². The molecule has 3 N–H and O–H groups in total. The predicted octanol–water partition coefficient (Wildman–Crippen LogP) is 1.84. The van der Waals surface area contributed by atoms with Gasteiger partial charge < -0.3 is 20.4 Å². The van der Waals surface area contributed by atoms with E-state index in [4.69, 9.17) is 4.74 Å². The molecule has 2 heterocycles. The Hall–Kier alpha value is -2.08. The SMILES string of the molecule is CN=C(NCCCc1nc2ccccc2[nH]1)NCC1CCCO1. The number of hydrogen-bond acceptors (Lipinski definition) is 3. The van der Waals surface area contributed by atoms with Crippen LogP contribution in [-0.4, -0.2) is 48.8 Å². The highest BCUT2D eigenvalue weighted by atomic mass is 16.5. The summed E-state index contributed by atoms with van der Waals surface area (Å²) in [4.78, 5) is 12.2. The number of nitrogens with one attached hydrogen (secondary N) is 3. The van der Waals surface area contributed by atoms with Crippen LogP contribution in [-0.2, 0) is 11.2 Å². The summed E-state index contributed by atoms with van der Waals surface area (Å²) in [5.41, 5.74) is 2.13. The van der Waals surface area contributed by atoms with Gasteiger partial charge in [0.25, 0.3) is 0 Å². The Kier molecular flexibility index (Phi) is 5.47. The smallest absolute Gasteiger partial charge is 0.191 e. The van der Waals surface area contributed by atoms with Crippen LogP contribution in [0, 0.1) is 0 Å². The number of H-pyrrole nitrogens is 1. The molecular weight excluding hydrogens is 290 g/mol. The van der Waals surface area contributed by atoms with Gasteiger partial charge in [-0.2, -0.15) is 0 Å². The van der Waals surface area contributed by atoms with Crippen molar-refractivity contribution < 1.29 is 4.74 Å². The van der Waals surface area contributed by atoms with Gasteiger partial charge in [0.2, 0.25) is 0 Å². The van der Waals surface area contributed by atoms with Gasteiger partial charge in [-0.05, 0) is 31.4 Å².